The van der Waals surface area contributed by atoms with Gasteiger partial charge in [-0.15, -0.1) is 5.10 Å². The van der Waals surface area contributed by atoms with Gasteiger partial charge in [0.15, 0.2) is 0 Å². The summed E-state index contributed by atoms with van der Waals surface area (Å²) in [4.78, 5) is 16.2. The van der Waals surface area contributed by atoms with Gasteiger partial charge in [-0.3, -0.25) is 4.79 Å². The molecule has 0 aliphatic heterocycles. The summed E-state index contributed by atoms with van der Waals surface area (Å²) in [5.74, 6) is 0.804. The minimum absolute atomic E-state index is 0.133. The van der Waals surface area contributed by atoms with Crippen LogP contribution in [0.4, 0.5) is 0 Å². The SMILES string of the molecule is Cc1ccc(Oc2cccc(C(=O)NCCCn3ccnc3)c2)nn1. The lowest BCUT2D eigenvalue weighted by atomic mass is 10.2. The number of nitrogens with one attached hydrogen (secondary N) is 1. The molecule has 0 saturated heterocycles. The van der Waals surface area contributed by atoms with E-state index in [1.807, 2.05) is 23.8 Å². The molecule has 1 N–H and O–H groups in total. The van der Waals surface area contributed by atoms with Crippen molar-refractivity contribution in [1.82, 2.24) is 25.1 Å². The first-order valence-electron chi connectivity index (χ1n) is 8.03. The van der Waals surface area contributed by atoms with E-state index in [0.29, 0.717) is 23.7 Å². The van der Waals surface area contributed by atoms with Gasteiger partial charge in [0.1, 0.15) is 5.75 Å². The van der Waals surface area contributed by atoms with E-state index in [0.717, 1.165) is 18.7 Å². The molecule has 128 valence electrons. The molecule has 0 saturated carbocycles. The molecule has 0 aliphatic rings. The van der Waals surface area contributed by atoms with Crippen LogP contribution in [0.5, 0.6) is 11.6 Å². The molecule has 0 fully saturated rings. The van der Waals surface area contributed by atoms with Crippen molar-refractivity contribution in [2.24, 2.45) is 0 Å². The summed E-state index contributed by atoms with van der Waals surface area (Å²) in [7, 11) is 0. The average molecular weight is 337 g/mol. The fraction of sp³-hybridized carbons (Fsp3) is 0.222. The number of aromatic nitrogens is 4. The predicted molar refractivity (Wildman–Crippen MR) is 92.5 cm³/mol. The summed E-state index contributed by atoms with van der Waals surface area (Å²) in [6.45, 7) is 3.26. The molecule has 3 aromatic rings. The van der Waals surface area contributed by atoms with Gasteiger partial charge in [0, 0.05) is 37.1 Å². The van der Waals surface area contributed by atoms with Gasteiger partial charge in [0.2, 0.25) is 5.88 Å². The highest BCUT2D eigenvalue weighted by Crippen LogP contribution is 2.20. The molecule has 3 rings (SSSR count). The lowest BCUT2D eigenvalue weighted by molar-refractivity contribution is 0.0952. The van der Waals surface area contributed by atoms with Crippen LogP contribution in [0.3, 0.4) is 0 Å². The number of hydrogen-bond donors (Lipinski definition) is 1. The smallest absolute Gasteiger partial charge is 0.251 e. The molecule has 2 aromatic heterocycles. The lowest BCUT2D eigenvalue weighted by Gasteiger charge is -2.08. The molecule has 0 unspecified atom stereocenters. The lowest BCUT2D eigenvalue weighted by Crippen LogP contribution is -2.25. The molecule has 25 heavy (non-hydrogen) atoms. The molecular formula is C18H19N5O2. The Bertz CT molecular complexity index is 816. The highest BCUT2D eigenvalue weighted by molar-refractivity contribution is 5.94. The molecule has 0 spiro atoms. The van der Waals surface area contributed by atoms with Gasteiger partial charge in [-0.1, -0.05) is 6.07 Å². The largest absolute Gasteiger partial charge is 0.438 e. The van der Waals surface area contributed by atoms with E-state index in [9.17, 15) is 4.79 Å². The minimum Gasteiger partial charge on any atom is -0.438 e. The normalized spacial score (nSPS) is 10.4. The van der Waals surface area contributed by atoms with Gasteiger partial charge in [-0.25, -0.2) is 4.98 Å². The van der Waals surface area contributed by atoms with Gasteiger partial charge in [-0.05, 0) is 37.6 Å². The Kier molecular flexibility index (Phi) is 5.36. The number of carbonyl (C=O) groups is 1. The molecule has 1 amide bonds. The number of rotatable bonds is 7. The van der Waals surface area contributed by atoms with Gasteiger partial charge in [0.25, 0.3) is 5.91 Å². The zero-order valence-corrected chi connectivity index (χ0v) is 13.9. The molecule has 0 aliphatic carbocycles. The summed E-state index contributed by atoms with van der Waals surface area (Å²) in [5, 5.41) is 10.8. The van der Waals surface area contributed by atoms with Crippen molar-refractivity contribution in [2.45, 2.75) is 19.9 Å². The van der Waals surface area contributed by atoms with Crippen LogP contribution in [-0.2, 0) is 6.54 Å². The molecule has 1 aromatic carbocycles. The Labute approximate surface area is 145 Å². The molecule has 0 bridgehead atoms. The fourth-order valence-electron chi connectivity index (χ4n) is 2.25. The van der Waals surface area contributed by atoms with E-state index in [2.05, 4.69) is 20.5 Å². The zero-order chi connectivity index (χ0) is 17.5. The van der Waals surface area contributed by atoms with Crippen LogP contribution in [0.1, 0.15) is 22.5 Å². The minimum atomic E-state index is -0.133. The maximum Gasteiger partial charge on any atom is 0.251 e. The molecule has 0 atom stereocenters. The second kappa shape index (κ2) is 8.05. The molecular weight excluding hydrogens is 318 g/mol. The first-order valence-corrected chi connectivity index (χ1v) is 8.03. The second-order valence-corrected chi connectivity index (χ2v) is 5.55. The van der Waals surface area contributed by atoms with Crippen LogP contribution in [-0.4, -0.2) is 32.2 Å². The van der Waals surface area contributed by atoms with E-state index >= 15 is 0 Å². The Morgan fingerprint density at radius 3 is 2.92 bits per heavy atom. The summed E-state index contributed by atoms with van der Waals surface area (Å²) in [6.07, 6.45) is 6.23. The Morgan fingerprint density at radius 2 is 2.16 bits per heavy atom. The maximum atomic E-state index is 12.2. The van der Waals surface area contributed by atoms with Crippen LogP contribution < -0.4 is 10.1 Å². The van der Waals surface area contributed by atoms with Crippen LogP contribution in [0.2, 0.25) is 0 Å². The standard InChI is InChI=1S/C18H19N5O2/c1-14-6-7-17(22-21-14)25-16-5-2-4-15(12-16)18(24)20-8-3-10-23-11-9-19-13-23/h2,4-7,9,11-13H,3,8,10H2,1H3,(H,20,24). The van der Waals surface area contributed by atoms with Crippen molar-refractivity contribution in [3.63, 3.8) is 0 Å². The third kappa shape index (κ3) is 4.87. The number of hydrogen-bond acceptors (Lipinski definition) is 5. The van der Waals surface area contributed by atoms with Crippen molar-refractivity contribution < 1.29 is 9.53 Å². The van der Waals surface area contributed by atoms with Crippen molar-refractivity contribution in [3.05, 3.63) is 66.4 Å². The van der Waals surface area contributed by atoms with Gasteiger partial charge < -0.3 is 14.6 Å². The molecule has 7 heteroatoms. The first-order chi connectivity index (χ1) is 12.2. The number of benzene rings is 1. The van der Waals surface area contributed by atoms with Crippen LogP contribution in [0.15, 0.2) is 55.1 Å². The number of carbonyl (C=O) groups excluding carboxylic acids is 1. The van der Waals surface area contributed by atoms with E-state index in [1.54, 1.807) is 42.9 Å². The van der Waals surface area contributed by atoms with E-state index in [1.165, 1.54) is 0 Å². The highest BCUT2D eigenvalue weighted by Gasteiger charge is 2.07. The predicted octanol–water partition coefficient (Wildman–Crippen LogP) is 2.59. The summed E-state index contributed by atoms with van der Waals surface area (Å²) < 4.78 is 7.61. The number of nitrogens with zero attached hydrogens (tertiary/aromatic N) is 4. The Morgan fingerprint density at radius 1 is 1.24 bits per heavy atom. The number of amides is 1. The third-order valence-electron chi connectivity index (χ3n) is 3.53. The Hall–Kier alpha value is -3.22. The van der Waals surface area contributed by atoms with E-state index in [4.69, 9.17) is 4.74 Å². The summed E-state index contributed by atoms with van der Waals surface area (Å²) >= 11 is 0. The zero-order valence-electron chi connectivity index (χ0n) is 13.9. The quantitative estimate of drug-likeness (QED) is 0.670. The number of aryl methyl sites for hydroxylation is 2. The summed E-state index contributed by atoms with van der Waals surface area (Å²) in [5.41, 5.74) is 1.36. The van der Waals surface area contributed by atoms with E-state index in [-0.39, 0.29) is 5.91 Å². The van der Waals surface area contributed by atoms with Crippen molar-refractivity contribution in [2.75, 3.05) is 6.54 Å². The third-order valence-corrected chi connectivity index (χ3v) is 3.53. The van der Waals surface area contributed by atoms with Crippen LogP contribution in [0, 0.1) is 6.92 Å². The number of ether oxygens (including phenoxy) is 1. The average Bonchev–Trinajstić information content (AvgIpc) is 3.14. The maximum absolute atomic E-state index is 12.2. The topological polar surface area (TPSA) is 81.9 Å². The molecule has 2 heterocycles. The van der Waals surface area contributed by atoms with E-state index < -0.39 is 0 Å². The molecule has 0 radical (unpaired) electrons. The van der Waals surface area contributed by atoms with Crippen molar-refractivity contribution >= 4 is 5.91 Å². The highest BCUT2D eigenvalue weighted by atomic mass is 16.5. The van der Waals surface area contributed by atoms with Crippen LogP contribution >= 0.6 is 0 Å². The van der Waals surface area contributed by atoms with Crippen molar-refractivity contribution in [3.8, 4) is 11.6 Å². The van der Waals surface area contributed by atoms with Gasteiger partial charge in [0.05, 0.1) is 12.0 Å². The number of imidazole rings is 1. The van der Waals surface area contributed by atoms with Crippen molar-refractivity contribution in [1.29, 1.82) is 0 Å². The van der Waals surface area contributed by atoms with Crippen LogP contribution in [0.25, 0.3) is 0 Å². The molecule has 7 nitrogen and oxygen atoms in total. The Balaban J connectivity index is 1.53. The monoisotopic (exact) mass is 337 g/mol. The summed E-state index contributed by atoms with van der Waals surface area (Å²) in [6, 6.07) is 10.5. The first kappa shape index (κ1) is 16.6. The fourth-order valence-corrected chi connectivity index (χ4v) is 2.25. The van der Waals surface area contributed by atoms with Gasteiger partial charge >= 0.3 is 0 Å². The second-order valence-electron chi connectivity index (χ2n) is 5.55. The van der Waals surface area contributed by atoms with Gasteiger partial charge in [-0.2, -0.15) is 5.10 Å².